The molecule has 6 aromatic carbocycles. The highest BCUT2D eigenvalue weighted by Crippen LogP contribution is 2.44. The fraction of sp³-hybridized carbons (Fsp3) is 0.344. The van der Waals surface area contributed by atoms with E-state index in [9.17, 15) is 1.37 Å². The normalized spacial score (nSPS) is 18.9. The predicted molar refractivity (Wildman–Crippen MR) is 289 cm³/mol. The maximum atomic E-state index is 9.26. The van der Waals surface area contributed by atoms with Gasteiger partial charge in [0.05, 0.1) is 21.8 Å². The van der Waals surface area contributed by atoms with E-state index >= 15 is 0 Å². The zero-order chi connectivity index (χ0) is 54.0. The van der Waals surface area contributed by atoms with Crippen LogP contribution < -0.4 is 9.13 Å². The van der Waals surface area contributed by atoms with Crippen LogP contribution in [0.25, 0.3) is 87.7 Å². The Kier molecular flexibility index (Phi) is 8.98. The highest BCUT2D eigenvalue weighted by Gasteiger charge is 2.28. The fourth-order valence-corrected chi connectivity index (χ4v) is 11.7. The molecule has 0 atom stereocenters. The van der Waals surface area contributed by atoms with Crippen LogP contribution in [0.5, 0.6) is 0 Å². The number of aryl methyl sites for hydroxylation is 8. The van der Waals surface area contributed by atoms with Gasteiger partial charge in [-0.05, 0) is 163 Å². The summed E-state index contributed by atoms with van der Waals surface area (Å²) in [4.78, 5) is 0. The lowest BCUT2D eigenvalue weighted by atomic mass is 9.71. The van der Waals surface area contributed by atoms with Crippen molar-refractivity contribution in [3.63, 3.8) is 0 Å². The van der Waals surface area contributed by atoms with Gasteiger partial charge in [-0.3, -0.25) is 0 Å². The molecule has 0 N–H and O–H groups in total. The summed E-state index contributed by atoms with van der Waals surface area (Å²) < 4.78 is 73.6. The lowest BCUT2D eigenvalue weighted by Gasteiger charge is -2.34. The van der Waals surface area contributed by atoms with Crippen molar-refractivity contribution in [1.29, 1.82) is 0 Å². The van der Waals surface area contributed by atoms with Crippen molar-refractivity contribution in [2.45, 2.75) is 111 Å². The van der Waals surface area contributed by atoms with E-state index in [1.807, 2.05) is 26.0 Å². The summed E-state index contributed by atoms with van der Waals surface area (Å²) in [5.74, 6) is -0.969. The number of nitrogens with zero attached hydrogens (tertiary/aromatic N) is 4. The number of fused-ring (bicyclic) bond motifs is 8. The SMILES string of the molecule is [2H]C([2H])([2H])c1ccc(-c2cc3c(c[n+]2C)c2cc4ccc(C5([2H])CCC(C)(C)CC5)cc4cc2n3C)c(C)c1.[2H]C([2H])([2H])c1ccc(-c2cc3c(c[n+]2C)c2cc4ccc(C5([2H])CCCCC5)cc4cc2n3C)c(C)c1. The maximum Gasteiger partial charge on any atom is 0.214 e. The number of hydrogen-bond acceptors (Lipinski definition) is 0. The molecule has 0 bridgehead atoms. The number of pyridine rings is 2. The average Bonchev–Trinajstić information content (AvgIpc) is 3.86. The minimum Gasteiger partial charge on any atom is -0.343 e. The Morgan fingerprint density at radius 2 is 0.941 bits per heavy atom. The van der Waals surface area contributed by atoms with Crippen molar-refractivity contribution in [3.05, 3.63) is 155 Å². The quantitative estimate of drug-likeness (QED) is 0.157. The third kappa shape index (κ3) is 7.88. The third-order valence-electron chi connectivity index (χ3n) is 15.9. The first-order valence-corrected chi connectivity index (χ1v) is 24.8. The topological polar surface area (TPSA) is 17.6 Å². The van der Waals surface area contributed by atoms with Gasteiger partial charge in [-0.1, -0.05) is 105 Å². The molecule has 2 aliphatic rings. The molecule has 10 aromatic rings. The zero-order valence-corrected chi connectivity index (χ0v) is 41.2. The Morgan fingerprint density at radius 1 is 0.500 bits per heavy atom. The van der Waals surface area contributed by atoms with Gasteiger partial charge in [-0.15, -0.1) is 0 Å². The van der Waals surface area contributed by atoms with Crippen molar-refractivity contribution < 1.29 is 20.1 Å². The Bertz CT molecular complexity index is 3970. The van der Waals surface area contributed by atoms with Gasteiger partial charge in [-0.2, -0.15) is 0 Å². The summed E-state index contributed by atoms with van der Waals surface area (Å²) in [5, 5.41) is 9.57. The Balaban J connectivity index is 0.000000162. The summed E-state index contributed by atoms with van der Waals surface area (Å²) in [6.07, 6.45) is 13.8. The van der Waals surface area contributed by atoms with Crippen LogP contribution in [0.2, 0.25) is 0 Å². The van der Waals surface area contributed by atoms with E-state index in [1.54, 1.807) is 24.3 Å². The lowest BCUT2D eigenvalue weighted by molar-refractivity contribution is -0.659. The summed E-state index contributed by atoms with van der Waals surface area (Å²) in [6.45, 7) is 4.38. The minimum atomic E-state index is -2.11. The monoisotopic (exact) mass is 903 g/mol. The summed E-state index contributed by atoms with van der Waals surface area (Å²) in [7, 11) is 8.33. The number of hydrogen-bond donors (Lipinski definition) is 0. The molecule has 2 fully saturated rings. The van der Waals surface area contributed by atoms with E-state index in [2.05, 4.69) is 145 Å². The van der Waals surface area contributed by atoms with Crippen LogP contribution in [0.1, 0.15) is 128 Å². The zero-order valence-electron chi connectivity index (χ0n) is 49.2. The molecule has 4 heteroatoms. The van der Waals surface area contributed by atoms with Crippen LogP contribution in [0.4, 0.5) is 0 Å². The molecule has 0 unspecified atom stereocenters. The fourth-order valence-electron chi connectivity index (χ4n) is 11.7. The molecular formula is C64H70N4+2. The first kappa shape index (κ1) is 35.8. The second-order valence-electron chi connectivity index (χ2n) is 21.1. The van der Waals surface area contributed by atoms with E-state index in [4.69, 9.17) is 9.60 Å². The molecular weight excluding hydrogens is 825 g/mol. The van der Waals surface area contributed by atoms with Crippen molar-refractivity contribution in [3.8, 4) is 22.5 Å². The molecule has 2 saturated carbocycles. The number of rotatable bonds is 4. The van der Waals surface area contributed by atoms with Gasteiger partial charge >= 0.3 is 0 Å². The molecule has 0 spiro atoms. The van der Waals surface area contributed by atoms with Crippen LogP contribution >= 0.6 is 0 Å². The first-order chi connectivity index (χ1) is 35.8. The van der Waals surface area contributed by atoms with Gasteiger partial charge in [0.2, 0.25) is 11.4 Å². The summed E-state index contributed by atoms with van der Waals surface area (Å²) >= 11 is 0. The molecule has 344 valence electrons. The second-order valence-corrected chi connectivity index (χ2v) is 21.1. The van der Waals surface area contributed by atoms with Crippen LogP contribution in [0.15, 0.2) is 122 Å². The smallest absolute Gasteiger partial charge is 0.214 e. The van der Waals surface area contributed by atoms with Gasteiger partial charge in [0.15, 0.2) is 12.4 Å². The van der Waals surface area contributed by atoms with Gasteiger partial charge in [0.25, 0.3) is 0 Å². The Labute approximate surface area is 415 Å². The van der Waals surface area contributed by atoms with E-state index < -0.39 is 25.5 Å². The minimum absolute atomic E-state index is 0.335. The van der Waals surface area contributed by atoms with Gasteiger partial charge in [0.1, 0.15) is 14.1 Å². The van der Waals surface area contributed by atoms with Crippen molar-refractivity contribution in [2.75, 3.05) is 0 Å². The van der Waals surface area contributed by atoms with Gasteiger partial charge in [-0.25, -0.2) is 9.13 Å². The molecule has 4 heterocycles. The van der Waals surface area contributed by atoms with Crippen molar-refractivity contribution >= 4 is 65.2 Å². The number of aromatic nitrogens is 4. The van der Waals surface area contributed by atoms with Crippen LogP contribution in [-0.2, 0) is 28.2 Å². The van der Waals surface area contributed by atoms with E-state index in [1.165, 1.54) is 60.5 Å². The molecule has 2 aliphatic carbocycles. The van der Waals surface area contributed by atoms with Crippen LogP contribution in [-0.4, -0.2) is 9.13 Å². The van der Waals surface area contributed by atoms with Gasteiger partial charge < -0.3 is 9.13 Å². The van der Waals surface area contributed by atoms with Crippen molar-refractivity contribution in [1.82, 2.24) is 9.13 Å². The molecule has 0 radical (unpaired) electrons. The summed E-state index contributed by atoms with van der Waals surface area (Å²) in [6, 6.07) is 37.6. The molecule has 0 amide bonds. The predicted octanol–water partition coefficient (Wildman–Crippen LogP) is 15.9. The van der Waals surface area contributed by atoms with Crippen molar-refractivity contribution in [2.24, 2.45) is 33.6 Å². The van der Waals surface area contributed by atoms with E-state index in [-0.39, 0.29) is 0 Å². The van der Waals surface area contributed by atoms with Crippen LogP contribution in [0.3, 0.4) is 0 Å². The Morgan fingerprint density at radius 3 is 1.38 bits per heavy atom. The third-order valence-corrected chi connectivity index (χ3v) is 15.9. The Hall–Kier alpha value is -6.26. The first-order valence-electron chi connectivity index (χ1n) is 28.8. The van der Waals surface area contributed by atoms with Gasteiger partial charge in [0, 0.05) is 70.1 Å². The highest BCUT2D eigenvalue weighted by molar-refractivity contribution is 6.13. The second kappa shape index (κ2) is 17.1. The lowest BCUT2D eigenvalue weighted by Crippen LogP contribution is -2.30. The molecule has 0 aliphatic heterocycles. The largest absolute Gasteiger partial charge is 0.343 e. The molecule has 4 aromatic heterocycles. The van der Waals surface area contributed by atoms with E-state index in [0.717, 1.165) is 107 Å². The molecule has 12 rings (SSSR count). The van der Waals surface area contributed by atoms with Crippen LogP contribution in [0, 0.1) is 33.0 Å². The highest BCUT2D eigenvalue weighted by atomic mass is 15.0. The van der Waals surface area contributed by atoms with E-state index in [0.29, 0.717) is 16.5 Å². The number of benzene rings is 6. The molecule has 4 nitrogen and oxygen atoms in total. The standard InChI is InChI=1S/C33H37N2.C31H33N2/c1-21-7-10-27(22(2)15-21)30-19-32-29(20-34(30)5)28-17-25-9-8-24(16-26(25)18-31(28)35(32)6)23-11-13-33(3,4)14-12-23;1-20-10-13-26(21(2)14-20)29-18-31-28(19-32(29)3)27-16-24-12-11-23(22-8-6-5-7-9-22)15-25(24)17-30(27)33(31)4/h7-10,15-20,23H,11-14H2,1-6H3;10-19,22H,5-9H2,1-4H3/q2*+1/i1D3,23D;1D3,22D. The average molecular weight is 903 g/mol. The summed E-state index contributed by atoms with van der Waals surface area (Å²) in [5.41, 5.74) is 14.0. The molecule has 68 heavy (non-hydrogen) atoms. The molecule has 0 saturated heterocycles. The maximum absolute atomic E-state index is 9.26.